The van der Waals surface area contributed by atoms with Crippen LogP contribution in [0.25, 0.3) is 27.8 Å². The number of pyridine rings is 1. The number of rotatable bonds is 5. The van der Waals surface area contributed by atoms with Crippen molar-refractivity contribution in [2.75, 3.05) is 13.4 Å². The number of carbonyl (C=O) groups is 1. The second-order valence-electron chi connectivity index (χ2n) is 7.62. The number of benzene rings is 2. The van der Waals surface area contributed by atoms with Crippen LogP contribution in [0.3, 0.4) is 0 Å². The van der Waals surface area contributed by atoms with Gasteiger partial charge in [0.05, 0.1) is 30.1 Å². The summed E-state index contributed by atoms with van der Waals surface area (Å²) >= 11 is 6.33. The fourth-order valence-corrected chi connectivity index (χ4v) is 4.13. The van der Waals surface area contributed by atoms with Crippen molar-refractivity contribution in [3.8, 4) is 22.6 Å². The number of carbonyl (C=O) groups excluding carboxylic acids is 1. The van der Waals surface area contributed by atoms with E-state index in [0.29, 0.717) is 33.4 Å². The molecular weight excluding hydrogens is 464 g/mol. The smallest absolute Gasteiger partial charge is 0.283 e. The molecule has 170 valence electrons. The Bertz CT molecular complexity index is 1500. The summed E-state index contributed by atoms with van der Waals surface area (Å²) in [6, 6.07) is 14.4. The lowest BCUT2D eigenvalue weighted by atomic mass is 10.0. The van der Waals surface area contributed by atoms with E-state index in [1.165, 1.54) is 0 Å². The summed E-state index contributed by atoms with van der Waals surface area (Å²) < 4.78 is 32.1. The number of sulfonamides is 1. The number of ether oxygens (including phenoxy) is 1. The van der Waals surface area contributed by atoms with Gasteiger partial charge in [0.15, 0.2) is 5.65 Å². The first-order chi connectivity index (χ1) is 15.6. The summed E-state index contributed by atoms with van der Waals surface area (Å²) in [5.74, 6) is -0.151. The number of nitrogens with zero attached hydrogens (tertiary/aromatic N) is 3. The molecule has 0 atom stereocenters. The highest BCUT2D eigenvalue weighted by Crippen LogP contribution is 2.33. The van der Waals surface area contributed by atoms with Gasteiger partial charge in [-0.2, -0.15) is 5.10 Å². The predicted octanol–water partition coefficient (Wildman–Crippen LogP) is 4.06. The SMILES string of the molecule is COc1ccc(-c2cc(C(=O)NS(C)(=O)=O)nc3c2c(C)nn3-c2ccc(C)c(Cl)c2)cc1. The first-order valence-electron chi connectivity index (χ1n) is 9.91. The quantitative estimate of drug-likeness (QED) is 0.458. The molecule has 0 unspecified atom stereocenters. The van der Waals surface area contributed by atoms with Crippen molar-refractivity contribution in [1.82, 2.24) is 19.5 Å². The van der Waals surface area contributed by atoms with Crippen LogP contribution in [-0.2, 0) is 10.0 Å². The van der Waals surface area contributed by atoms with Crippen LogP contribution >= 0.6 is 11.6 Å². The maximum absolute atomic E-state index is 12.7. The lowest BCUT2D eigenvalue weighted by molar-refractivity contribution is 0.0977. The van der Waals surface area contributed by atoms with Crippen molar-refractivity contribution in [3.05, 3.63) is 70.5 Å². The molecule has 0 bridgehead atoms. The molecule has 10 heteroatoms. The molecule has 4 aromatic rings. The minimum absolute atomic E-state index is 0.0573. The van der Waals surface area contributed by atoms with Crippen LogP contribution in [0.15, 0.2) is 48.5 Å². The molecule has 8 nitrogen and oxygen atoms in total. The van der Waals surface area contributed by atoms with E-state index in [1.807, 2.05) is 42.8 Å². The maximum atomic E-state index is 12.7. The average Bonchev–Trinajstić information content (AvgIpc) is 3.10. The standard InChI is InChI=1S/C23H21ClN4O4S/c1-13-5-8-16(11-19(13)24)28-22-21(14(2)26-28)18(15-6-9-17(32-3)10-7-15)12-20(25-22)23(29)27-33(4,30)31/h5-12H,1-4H3,(H,27,29). The van der Waals surface area contributed by atoms with Gasteiger partial charge in [-0.25, -0.2) is 22.8 Å². The number of fused-ring (bicyclic) bond motifs is 1. The van der Waals surface area contributed by atoms with Gasteiger partial charge in [0.1, 0.15) is 11.4 Å². The number of nitrogens with one attached hydrogen (secondary N) is 1. The van der Waals surface area contributed by atoms with Crippen molar-refractivity contribution >= 4 is 38.6 Å². The molecule has 0 aliphatic heterocycles. The zero-order chi connectivity index (χ0) is 23.9. The Morgan fingerprint density at radius 3 is 2.39 bits per heavy atom. The third-order valence-electron chi connectivity index (χ3n) is 5.12. The van der Waals surface area contributed by atoms with Crippen LogP contribution in [0.1, 0.15) is 21.7 Å². The van der Waals surface area contributed by atoms with Gasteiger partial charge in [-0.15, -0.1) is 0 Å². The molecule has 33 heavy (non-hydrogen) atoms. The monoisotopic (exact) mass is 484 g/mol. The number of amides is 1. The van der Waals surface area contributed by atoms with E-state index >= 15 is 0 Å². The summed E-state index contributed by atoms with van der Waals surface area (Å²) in [5.41, 5.74) is 4.09. The first-order valence-corrected chi connectivity index (χ1v) is 12.2. The van der Waals surface area contributed by atoms with Gasteiger partial charge in [0, 0.05) is 5.02 Å². The molecule has 0 radical (unpaired) electrons. The molecule has 2 aromatic heterocycles. The zero-order valence-electron chi connectivity index (χ0n) is 18.4. The summed E-state index contributed by atoms with van der Waals surface area (Å²) in [5, 5.41) is 5.94. The van der Waals surface area contributed by atoms with Crippen molar-refractivity contribution in [2.45, 2.75) is 13.8 Å². The zero-order valence-corrected chi connectivity index (χ0v) is 20.0. The van der Waals surface area contributed by atoms with Crippen LogP contribution in [0.5, 0.6) is 5.75 Å². The fraction of sp³-hybridized carbons (Fsp3) is 0.174. The Morgan fingerprint density at radius 2 is 1.79 bits per heavy atom. The molecule has 0 aliphatic carbocycles. The maximum Gasteiger partial charge on any atom is 0.283 e. The number of aromatic nitrogens is 3. The Kier molecular flexibility index (Phi) is 5.85. The summed E-state index contributed by atoms with van der Waals surface area (Å²) in [4.78, 5) is 17.2. The molecule has 0 spiro atoms. The first kappa shape index (κ1) is 22.8. The van der Waals surface area contributed by atoms with Gasteiger partial charge in [0.25, 0.3) is 5.91 Å². The van der Waals surface area contributed by atoms with E-state index in [1.54, 1.807) is 36.1 Å². The van der Waals surface area contributed by atoms with Gasteiger partial charge in [-0.1, -0.05) is 29.8 Å². The average molecular weight is 485 g/mol. The van der Waals surface area contributed by atoms with Gasteiger partial charge >= 0.3 is 0 Å². The van der Waals surface area contributed by atoms with Gasteiger partial charge < -0.3 is 4.74 Å². The molecular formula is C23H21ClN4O4S. The number of methoxy groups -OCH3 is 1. The molecule has 0 fully saturated rings. The van der Waals surface area contributed by atoms with Crippen molar-refractivity contribution in [2.24, 2.45) is 0 Å². The lowest BCUT2D eigenvalue weighted by Crippen LogP contribution is -2.30. The fourth-order valence-electron chi connectivity index (χ4n) is 3.52. The molecule has 0 saturated heterocycles. The minimum atomic E-state index is -3.77. The van der Waals surface area contributed by atoms with Crippen LogP contribution in [0.2, 0.25) is 5.02 Å². The molecule has 1 N–H and O–H groups in total. The Balaban J connectivity index is 2.01. The van der Waals surface area contributed by atoms with Crippen LogP contribution in [0.4, 0.5) is 0 Å². The van der Waals surface area contributed by atoms with E-state index < -0.39 is 15.9 Å². The third kappa shape index (κ3) is 4.55. The number of aryl methyl sites for hydroxylation is 2. The van der Waals surface area contributed by atoms with Gasteiger partial charge in [0.2, 0.25) is 10.0 Å². The Hall–Kier alpha value is -3.43. The molecule has 2 heterocycles. The highest BCUT2D eigenvalue weighted by molar-refractivity contribution is 7.89. The molecule has 2 aromatic carbocycles. The number of hydrogen-bond acceptors (Lipinski definition) is 6. The summed E-state index contributed by atoms with van der Waals surface area (Å²) in [6.07, 6.45) is 0.913. The van der Waals surface area contributed by atoms with E-state index in [-0.39, 0.29) is 5.69 Å². The van der Waals surface area contributed by atoms with Crippen molar-refractivity contribution in [3.63, 3.8) is 0 Å². The molecule has 0 saturated carbocycles. The van der Waals surface area contributed by atoms with E-state index in [9.17, 15) is 13.2 Å². The van der Waals surface area contributed by atoms with Crippen LogP contribution in [0, 0.1) is 13.8 Å². The number of halogens is 1. The highest BCUT2D eigenvalue weighted by Gasteiger charge is 2.21. The predicted molar refractivity (Wildman–Crippen MR) is 128 cm³/mol. The van der Waals surface area contributed by atoms with Gasteiger partial charge in [-0.3, -0.25) is 4.79 Å². The van der Waals surface area contributed by atoms with Crippen LogP contribution in [-0.4, -0.2) is 42.5 Å². The lowest BCUT2D eigenvalue weighted by Gasteiger charge is -2.10. The number of hydrogen-bond donors (Lipinski definition) is 1. The molecule has 1 amide bonds. The van der Waals surface area contributed by atoms with E-state index in [0.717, 1.165) is 22.8 Å². The summed E-state index contributed by atoms with van der Waals surface area (Å²) in [7, 11) is -2.20. The van der Waals surface area contributed by atoms with Crippen molar-refractivity contribution in [1.29, 1.82) is 0 Å². The van der Waals surface area contributed by atoms with Crippen molar-refractivity contribution < 1.29 is 17.9 Å². The summed E-state index contributed by atoms with van der Waals surface area (Å²) in [6.45, 7) is 3.74. The Morgan fingerprint density at radius 1 is 1.09 bits per heavy atom. The topological polar surface area (TPSA) is 103 Å². The second kappa shape index (κ2) is 8.49. The molecule has 0 aliphatic rings. The normalized spacial score (nSPS) is 11.5. The van der Waals surface area contributed by atoms with E-state index in [2.05, 4.69) is 10.1 Å². The third-order valence-corrected chi connectivity index (χ3v) is 6.09. The Labute approximate surface area is 196 Å². The van der Waals surface area contributed by atoms with Gasteiger partial charge in [-0.05, 0) is 60.9 Å². The second-order valence-corrected chi connectivity index (χ2v) is 9.77. The van der Waals surface area contributed by atoms with Crippen LogP contribution < -0.4 is 9.46 Å². The largest absolute Gasteiger partial charge is 0.497 e. The highest BCUT2D eigenvalue weighted by atomic mass is 35.5. The molecule has 4 rings (SSSR count). The minimum Gasteiger partial charge on any atom is -0.497 e. The van der Waals surface area contributed by atoms with E-state index in [4.69, 9.17) is 16.3 Å².